The molecule has 3 unspecified atom stereocenters. The SMILES string of the molecule is FC(F)(F)c1cnc2[nH]cc(-c3nc(NC4CC5CCC4C5)c4ncccc4n3)c2c1.O=CO. The standard InChI is InChI=1S/C22H19F3N6.CH2O2/c23-22(24,25)13-8-14-15(10-28-19(14)27-9-13)20-29-16-2-1-5-26-18(16)21(31-20)30-17-7-11-3-4-12(17)6-11;2-1-3/h1-2,5,8-12,17H,3-4,6-7H2,(H,27,28)(H,29,30,31);1H,(H,2,3). The number of aromatic amines is 1. The number of pyridine rings is 2. The molecule has 2 fully saturated rings. The zero-order chi connectivity index (χ0) is 23.9. The maximum atomic E-state index is 13.2. The summed E-state index contributed by atoms with van der Waals surface area (Å²) >= 11 is 0. The van der Waals surface area contributed by atoms with Gasteiger partial charge < -0.3 is 15.4 Å². The van der Waals surface area contributed by atoms with Gasteiger partial charge in [-0.25, -0.2) is 15.0 Å². The predicted molar refractivity (Wildman–Crippen MR) is 119 cm³/mol. The van der Waals surface area contributed by atoms with Gasteiger partial charge in [0.25, 0.3) is 6.47 Å². The molecule has 4 aromatic heterocycles. The number of H-pyrrole nitrogens is 1. The van der Waals surface area contributed by atoms with E-state index < -0.39 is 11.7 Å². The first-order valence-corrected chi connectivity index (χ1v) is 10.9. The molecule has 4 aromatic rings. The van der Waals surface area contributed by atoms with Crippen LogP contribution in [0.4, 0.5) is 19.0 Å². The van der Waals surface area contributed by atoms with Crippen LogP contribution in [-0.2, 0) is 11.0 Å². The van der Waals surface area contributed by atoms with E-state index >= 15 is 0 Å². The normalized spacial score (nSPS) is 21.4. The van der Waals surface area contributed by atoms with Crippen molar-refractivity contribution in [1.82, 2.24) is 24.9 Å². The number of carboxylic acid groups (broad SMARTS) is 1. The number of halogens is 3. The summed E-state index contributed by atoms with van der Waals surface area (Å²) in [6.45, 7) is -0.250. The first kappa shape index (κ1) is 22.1. The van der Waals surface area contributed by atoms with Crippen LogP contribution >= 0.6 is 0 Å². The van der Waals surface area contributed by atoms with E-state index in [9.17, 15) is 13.2 Å². The molecular weight excluding hydrogens is 449 g/mol. The Hall–Kier alpha value is -3.76. The third kappa shape index (κ3) is 4.02. The summed E-state index contributed by atoms with van der Waals surface area (Å²) in [5, 5.41) is 10.8. The zero-order valence-corrected chi connectivity index (χ0v) is 17.9. The van der Waals surface area contributed by atoms with Crippen LogP contribution in [0.1, 0.15) is 31.2 Å². The highest BCUT2D eigenvalue weighted by Crippen LogP contribution is 2.46. The fourth-order valence-corrected chi connectivity index (χ4v) is 5.13. The van der Waals surface area contributed by atoms with Gasteiger partial charge in [0.2, 0.25) is 0 Å². The molecule has 0 amide bonds. The molecule has 0 saturated heterocycles. The average Bonchev–Trinajstić information content (AvgIpc) is 3.54. The van der Waals surface area contributed by atoms with E-state index in [2.05, 4.69) is 25.3 Å². The van der Waals surface area contributed by atoms with Gasteiger partial charge in [-0.15, -0.1) is 0 Å². The predicted octanol–water partition coefficient (Wildman–Crippen LogP) is 4.89. The summed E-state index contributed by atoms with van der Waals surface area (Å²) in [5.74, 6) is 2.38. The molecule has 3 atom stereocenters. The van der Waals surface area contributed by atoms with Crippen molar-refractivity contribution in [3.8, 4) is 11.4 Å². The lowest BCUT2D eigenvalue weighted by molar-refractivity contribution is -0.137. The van der Waals surface area contributed by atoms with Crippen molar-refractivity contribution in [2.75, 3.05) is 5.32 Å². The number of rotatable bonds is 3. The molecule has 0 spiro atoms. The van der Waals surface area contributed by atoms with E-state index in [0.717, 1.165) is 24.6 Å². The maximum absolute atomic E-state index is 13.2. The molecule has 2 saturated carbocycles. The molecule has 8 nitrogen and oxygen atoms in total. The molecule has 0 aliphatic heterocycles. The van der Waals surface area contributed by atoms with Crippen molar-refractivity contribution in [3.05, 3.63) is 42.4 Å². The maximum Gasteiger partial charge on any atom is 0.417 e. The molecule has 176 valence electrons. The summed E-state index contributed by atoms with van der Waals surface area (Å²) in [5.41, 5.74) is 1.36. The molecular formula is C23H21F3N6O2. The van der Waals surface area contributed by atoms with Crippen LogP contribution in [-0.4, -0.2) is 42.5 Å². The van der Waals surface area contributed by atoms with Gasteiger partial charge >= 0.3 is 6.18 Å². The number of alkyl halides is 3. The van der Waals surface area contributed by atoms with Gasteiger partial charge in [0.15, 0.2) is 11.6 Å². The molecule has 2 bridgehead atoms. The van der Waals surface area contributed by atoms with Crippen molar-refractivity contribution in [2.45, 2.75) is 37.9 Å². The first-order valence-electron chi connectivity index (χ1n) is 10.9. The summed E-state index contributed by atoms with van der Waals surface area (Å²) in [7, 11) is 0. The molecule has 11 heteroatoms. The quantitative estimate of drug-likeness (QED) is 0.365. The lowest BCUT2D eigenvalue weighted by Gasteiger charge is -2.24. The van der Waals surface area contributed by atoms with E-state index in [4.69, 9.17) is 14.9 Å². The minimum Gasteiger partial charge on any atom is -0.483 e. The van der Waals surface area contributed by atoms with E-state index in [1.54, 1.807) is 18.5 Å². The van der Waals surface area contributed by atoms with Crippen molar-refractivity contribution in [1.29, 1.82) is 0 Å². The zero-order valence-electron chi connectivity index (χ0n) is 17.9. The van der Waals surface area contributed by atoms with E-state index in [0.29, 0.717) is 51.2 Å². The Morgan fingerprint density at radius 3 is 2.71 bits per heavy atom. The van der Waals surface area contributed by atoms with Crippen LogP contribution in [0.5, 0.6) is 0 Å². The van der Waals surface area contributed by atoms with Gasteiger partial charge in [0, 0.05) is 35.6 Å². The van der Waals surface area contributed by atoms with Crippen LogP contribution in [0.2, 0.25) is 0 Å². The highest BCUT2D eigenvalue weighted by molar-refractivity contribution is 5.94. The van der Waals surface area contributed by atoms with Gasteiger partial charge in [-0.3, -0.25) is 9.78 Å². The largest absolute Gasteiger partial charge is 0.483 e. The molecule has 6 rings (SSSR count). The Kier molecular flexibility index (Phi) is 5.54. The number of nitrogens with zero attached hydrogens (tertiary/aromatic N) is 4. The summed E-state index contributed by atoms with van der Waals surface area (Å²) in [6.07, 6.45) is 4.54. The van der Waals surface area contributed by atoms with Crippen LogP contribution in [0, 0.1) is 11.8 Å². The average molecular weight is 470 g/mol. The molecule has 2 aliphatic rings. The molecule has 2 aliphatic carbocycles. The Labute approximate surface area is 191 Å². The Balaban J connectivity index is 0.000000764. The number of carbonyl (C=O) groups is 1. The van der Waals surface area contributed by atoms with Crippen molar-refractivity contribution in [3.63, 3.8) is 0 Å². The van der Waals surface area contributed by atoms with Gasteiger partial charge in [0.05, 0.1) is 11.1 Å². The second kappa shape index (κ2) is 8.54. The van der Waals surface area contributed by atoms with Crippen molar-refractivity contribution in [2.24, 2.45) is 11.8 Å². The Morgan fingerprint density at radius 2 is 2.00 bits per heavy atom. The molecule has 0 aromatic carbocycles. The molecule has 3 N–H and O–H groups in total. The van der Waals surface area contributed by atoms with Crippen LogP contribution in [0.3, 0.4) is 0 Å². The summed E-state index contributed by atoms with van der Waals surface area (Å²) < 4.78 is 39.7. The van der Waals surface area contributed by atoms with Crippen LogP contribution in [0.25, 0.3) is 33.5 Å². The molecule has 0 radical (unpaired) electrons. The van der Waals surface area contributed by atoms with Gasteiger partial charge in [-0.1, -0.05) is 6.42 Å². The highest BCUT2D eigenvalue weighted by atomic mass is 19.4. The van der Waals surface area contributed by atoms with Crippen LogP contribution < -0.4 is 5.32 Å². The Bertz CT molecular complexity index is 1360. The number of nitrogens with one attached hydrogen (secondary N) is 2. The fraction of sp³-hybridized carbons (Fsp3) is 0.348. The first-order chi connectivity index (χ1) is 16.4. The fourth-order valence-electron chi connectivity index (χ4n) is 5.13. The summed E-state index contributed by atoms with van der Waals surface area (Å²) in [6, 6.07) is 5.06. The van der Waals surface area contributed by atoms with Gasteiger partial charge in [0.1, 0.15) is 11.2 Å². The monoisotopic (exact) mass is 470 g/mol. The second-order valence-electron chi connectivity index (χ2n) is 8.62. The highest BCUT2D eigenvalue weighted by Gasteiger charge is 2.40. The van der Waals surface area contributed by atoms with Gasteiger partial charge in [-0.05, 0) is 49.3 Å². The number of fused-ring (bicyclic) bond motifs is 4. The van der Waals surface area contributed by atoms with Crippen LogP contribution in [0.15, 0.2) is 36.8 Å². The van der Waals surface area contributed by atoms with Crippen molar-refractivity contribution >= 4 is 34.4 Å². The molecule has 34 heavy (non-hydrogen) atoms. The third-order valence-electron chi connectivity index (χ3n) is 6.61. The number of anilines is 1. The minimum atomic E-state index is -4.47. The lowest BCUT2D eigenvalue weighted by atomic mass is 9.95. The lowest BCUT2D eigenvalue weighted by Crippen LogP contribution is -2.26. The van der Waals surface area contributed by atoms with Gasteiger partial charge in [-0.2, -0.15) is 13.2 Å². The van der Waals surface area contributed by atoms with E-state index in [-0.39, 0.29) is 6.47 Å². The number of aromatic nitrogens is 5. The smallest absolute Gasteiger partial charge is 0.417 e. The van der Waals surface area contributed by atoms with E-state index in [1.165, 1.54) is 19.3 Å². The minimum absolute atomic E-state index is 0.250. The Morgan fingerprint density at radius 1 is 1.18 bits per heavy atom. The van der Waals surface area contributed by atoms with E-state index in [1.807, 2.05) is 6.07 Å². The molecule has 4 heterocycles. The number of hydrogen-bond acceptors (Lipinski definition) is 6. The summed E-state index contributed by atoms with van der Waals surface area (Å²) in [4.78, 5) is 29.0. The second-order valence-corrected chi connectivity index (χ2v) is 8.62. The topological polar surface area (TPSA) is 117 Å². The third-order valence-corrected chi connectivity index (χ3v) is 6.61. The number of hydrogen-bond donors (Lipinski definition) is 3. The van der Waals surface area contributed by atoms with Crippen molar-refractivity contribution < 1.29 is 23.1 Å².